The van der Waals surface area contributed by atoms with E-state index in [9.17, 15) is 18.0 Å². The average molecular weight is 586 g/mol. The fraction of sp³-hybridized carbons (Fsp3) is 0.333. The van der Waals surface area contributed by atoms with Crippen LogP contribution < -0.4 is 14.4 Å². The third-order valence-electron chi connectivity index (χ3n) is 6.64. The van der Waals surface area contributed by atoms with Crippen LogP contribution in [0, 0.1) is 6.92 Å². The number of amides is 2. The van der Waals surface area contributed by atoms with Gasteiger partial charge >= 0.3 is 0 Å². The van der Waals surface area contributed by atoms with Gasteiger partial charge in [-0.3, -0.25) is 13.9 Å². The number of anilines is 1. The highest BCUT2D eigenvalue weighted by molar-refractivity contribution is 7.92. The number of nitrogens with zero attached hydrogens (tertiary/aromatic N) is 2. The monoisotopic (exact) mass is 585 g/mol. The molecule has 1 atom stereocenters. The van der Waals surface area contributed by atoms with E-state index in [0.717, 1.165) is 28.3 Å². The average Bonchev–Trinajstić information content (AvgIpc) is 2.95. The van der Waals surface area contributed by atoms with Crippen molar-refractivity contribution in [1.29, 1.82) is 0 Å². The van der Waals surface area contributed by atoms with Gasteiger partial charge in [0, 0.05) is 18.1 Å². The van der Waals surface area contributed by atoms with E-state index in [1.807, 2.05) is 38.1 Å². The predicted octanol–water partition coefficient (Wildman–Crippen LogP) is 5.19. The van der Waals surface area contributed by atoms with E-state index in [2.05, 4.69) is 5.32 Å². The molecular formula is C30H36ClN3O5S. The highest BCUT2D eigenvalue weighted by atomic mass is 35.5. The van der Waals surface area contributed by atoms with Gasteiger partial charge in [-0.1, -0.05) is 49.2 Å². The van der Waals surface area contributed by atoms with Crippen molar-refractivity contribution in [2.75, 3.05) is 24.5 Å². The number of nitrogens with one attached hydrogen (secondary N) is 1. The molecule has 3 aromatic carbocycles. The van der Waals surface area contributed by atoms with E-state index in [-0.39, 0.29) is 23.0 Å². The number of hydrogen-bond acceptors (Lipinski definition) is 5. The molecule has 0 heterocycles. The Morgan fingerprint density at radius 1 is 1.00 bits per heavy atom. The standard InChI is InChI=1S/C30H36ClN3O5S/c1-5-6-19-32-30(36)23(3)33(20-24-10-8-7-9-22(24)2)29(35)21-34(26-13-11-25(31)12-14-26)40(37,38)28-17-15-27(39-4)16-18-28/h7-18,23H,5-6,19-21H2,1-4H3,(H,32,36)/t23-/m0/s1. The lowest BCUT2D eigenvalue weighted by Gasteiger charge is -2.32. The Hall–Kier alpha value is -3.56. The third kappa shape index (κ3) is 7.76. The van der Waals surface area contributed by atoms with Gasteiger partial charge < -0.3 is 15.0 Å². The molecule has 0 radical (unpaired) electrons. The first-order valence-corrected chi connectivity index (χ1v) is 14.9. The Bertz CT molecular complexity index is 1400. The Morgan fingerprint density at radius 3 is 2.25 bits per heavy atom. The van der Waals surface area contributed by atoms with Crippen molar-refractivity contribution in [3.05, 3.63) is 88.9 Å². The van der Waals surface area contributed by atoms with E-state index < -0.39 is 28.5 Å². The van der Waals surface area contributed by atoms with Crippen molar-refractivity contribution < 1.29 is 22.7 Å². The second-order valence-corrected chi connectivity index (χ2v) is 11.7. The minimum Gasteiger partial charge on any atom is -0.497 e. The number of unbranched alkanes of at least 4 members (excludes halogenated alkanes) is 1. The molecule has 1 N–H and O–H groups in total. The molecule has 0 aliphatic heterocycles. The first-order valence-electron chi connectivity index (χ1n) is 13.1. The SMILES string of the molecule is CCCCNC(=O)[C@H](C)N(Cc1ccccc1C)C(=O)CN(c1ccc(Cl)cc1)S(=O)(=O)c1ccc(OC)cc1. The predicted molar refractivity (Wildman–Crippen MR) is 158 cm³/mol. The van der Waals surface area contributed by atoms with Crippen LogP contribution in [-0.2, 0) is 26.2 Å². The summed E-state index contributed by atoms with van der Waals surface area (Å²) in [5.74, 6) is -0.319. The molecule has 8 nitrogen and oxygen atoms in total. The summed E-state index contributed by atoms with van der Waals surface area (Å²) in [5.41, 5.74) is 2.09. The lowest BCUT2D eigenvalue weighted by Crippen LogP contribution is -2.51. The zero-order valence-corrected chi connectivity index (χ0v) is 24.8. The number of halogens is 1. The quantitative estimate of drug-likeness (QED) is 0.279. The fourth-order valence-corrected chi connectivity index (χ4v) is 5.64. The molecule has 0 saturated heterocycles. The zero-order chi connectivity index (χ0) is 29.3. The number of hydrogen-bond donors (Lipinski definition) is 1. The van der Waals surface area contributed by atoms with Crippen molar-refractivity contribution in [3.63, 3.8) is 0 Å². The Labute approximate surface area is 241 Å². The smallest absolute Gasteiger partial charge is 0.264 e. The van der Waals surface area contributed by atoms with Gasteiger partial charge in [-0.2, -0.15) is 0 Å². The summed E-state index contributed by atoms with van der Waals surface area (Å²) in [6, 6.07) is 18.9. The van der Waals surface area contributed by atoms with Crippen molar-refractivity contribution in [3.8, 4) is 5.75 Å². The number of rotatable bonds is 13. The summed E-state index contributed by atoms with van der Waals surface area (Å²) in [5, 5.41) is 3.31. The van der Waals surface area contributed by atoms with Crippen molar-refractivity contribution >= 4 is 39.1 Å². The number of ether oxygens (including phenoxy) is 1. The molecular weight excluding hydrogens is 550 g/mol. The normalized spacial score (nSPS) is 11.9. The molecule has 0 aliphatic rings. The molecule has 40 heavy (non-hydrogen) atoms. The molecule has 214 valence electrons. The highest BCUT2D eigenvalue weighted by Crippen LogP contribution is 2.27. The van der Waals surface area contributed by atoms with Crippen molar-refractivity contribution in [1.82, 2.24) is 10.2 Å². The molecule has 3 aromatic rings. The summed E-state index contributed by atoms with van der Waals surface area (Å²) in [4.78, 5) is 28.4. The molecule has 0 spiro atoms. The van der Waals surface area contributed by atoms with Gasteiger partial charge in [-0.25, -0.2) is 8.42 Å². The number of benzene rings is 3. The second kappa shape index (κ2) is 14.2. The number of aryl methyl sites for hydroxylation is 1. The summed E-state index contributed by atoms with van der Waals surface area (Å²) in [6.07, 6.45) is 1.73. The number of carbonyl (C=O) groups excluding carboxylic acids is 2. The topological polar surface area (TPSA) is 96.0 Å². The molecule has 0 aliphatic carbocycles. The number of carbonyl (C=O) groups is 2. The molecule has 2 amide bonds. The number of sulfonamides is 1. The van der Waals surface area contributed by atoms with E-state index in [0.29, 0.717) is 17.3 Å². The number of methoxy groups -OCH3 is 1. The molecule has 3 rings (SSSR count). The lowest BCUT2D eigenvalue weighted by atomic mass is 10.1. The first kappa shape index (κ1) is 31.0. The van der Waals surface area contributed by atoms with Gasteiger partial charge in [-0.05, 0) is 79.9 Å². The summed E-state index contributed by atoms with van der Waals surface area (Å²) >= 11 is 6.07. The maximum absolute atomic E-state index is 14.0. The minimum atomic E-state index is -4.18. The summed E-state index contributed by atoms with van der Waals surface area (Å²) < 4.78 is 33.9. The van der Waals surface area contributed by atoms with Crippen LogP contribution in [0.25, 0.3) is 0 Å². The van der Waals surface area contributed by atoms with Crippen LogP contribution >= 0.6 is 11.6 Å². The Morgan fingerprint density at radius 2 is 1.65 bits per heavy atom. The van der Waals surface area contributed by atoms with Crippen LogP contribution in [0.15, 0.2) is 77.7 Å². The molecule has 0 aromatic heterocycles. The van der Waals surface area contributed by atoms with Crippen LogP contribution in [-0.4, -0.2) is 51.4 Å². The minimum absolute atomic E-state index is 0.00754. The summed E-state index contributed by atoms with van der Waals surface area (Å²) in [6.45, 7) is 5.73. The van der Waals surface area contributed by atoms with E-state index in [4.69, 9.17) is 16.3 Å². The van der Waals surface area contributed by atoms with Crippen LogP contribution in [0.1, 0.15) is 37.8 Å². The van der Waals surface area contributed by atoms with Gasteiger partial charge in [0.05, 0.1) is 17.7 Å². The maximum atomic E-state index is 14.0. The summed E-state index contributed by atoms with van der Waals surface area (Å²) in [7, 11) is -2.69. The highest BCUT2D eigenvalue weighted by Gasteiger charge is 2.32. The molecule has 10 heteroatoms. The van der Waals surface area contributed by atoms with Gasteiger partial charge in [-0.15, -0.1) is 0 Å². The fourth-order valence-electron chi connectivity index (χ4n) is 4.10. The van der Waals surface area contributed by atoms with Crippen LogP contribution in [0.2, 0.25) is 5.02 Å². The van der Waals surface area contributed by atoms with Crippen molar-refractivity contribution in [2.24, 2.45) is 0 Å². The third-order valence-corrected chi connectivity index (χ3v) is 8.68. The maximum Gasteiger partial charge on any atom is 0.264 e. The first-order chi connectivity index (χ1) is 19.1. The molecule has 0 fully saturated rings. The van der Waals surface area contributed by atoms with Gasteiger partial charge in [0.15, 0.2) is 0 Å². The lowest BCUT2D eigenvalue weighted by molar-refractivity contribution is -0.139. The molecule has 0 saturated carbocycles. The molecule has 0 bridgehead atoms. The zero-order valence-electron chi connectivity index (χ0n) is 23.3. The van der Waals surface area contributed by atoms with E-state index >= 15 is 0 Å². The van der Waals surface area contributed by atoms with E-state index in [1.165, 1.54) is 24.1 Å². The Kier molecular flexibility index (Phi) is 11.0. The van der Waals surface area contributed by atoms with Crippen molar-refractivity contribution in [2.45, 2.75) is 51.1 Å². The van der Waals surface area contributed by atoms with Gasteiger partial charge in [0.25, 0.3) is 10.0 Å². The van der Waals surface area contributed by atoms with E-state index in [1.54, 1.807) is 43.3 Å². The second-order valence-electron chi connectivity index (χ2n) is 9.43. The van der Waals surface area contributed by atoms with Gasteiger partial charge in [0.1, 0.15) is 18.3 Å². The Balaban J connectivity index is 2.00. The van der Waals surface area contributed by atoms with Crippen LogP contribution in [0.3, 0.4) is 0 Å². The van der Waals surface area contributed by atoms with Gasteiger partial charge in [0.2, 0.25) is 11.8 Å². The van der Waals surface area contributed by atoms with Crippen LogP contribution in [0.4, 0.5) is 5.69 Å². The van der Waals surface area contributed by atoms with Crippen LogP contribution in [0.5, 0.6) is 5.75 Å². The molecule has 0 unspecified atom stereocenters. The largest absolute Gasteiger partial charge is 0.497 e.